The third-order valence-corrected chi connectivity index (χ3v) is 7.17. The number of pyridine rings is 2. The second kappa shape index (κ2) is 7.93. The van der Waals surface area contributed by atoms with Crippen molar-refractivity contribution in [3.8, 4) is 17.0 Å². The summed E-state index contributed by atoms with van der Waals surface area (Å²) < 4.78 is 11.8. The number of anilines is 2. The molecular weight excluding hydrogens is 416 g/mol. The lowest BCUT2D eigenvalue weighted by molar-refractivity contribution is 0.0211. The number of hydrogen-bond donors (Lipinski definition) is 2. The zero-order valence-electron chi connectivity index (χ0n) is 17.3. The van der Waals surface area contributed by atoms with Gasteiger partial charge in [0.05, 0.1) is 11.8 Å². The molecule has 5 rings (SSSR count). The quantitative estimate of drug-likeness (QED) is 0.641. The summed E-state index contributed by atoms with van der Waals surface area (Å²) in [5, 5.41) is 3.50. The smallest absolute Gasteiger partial charge is 0.323 e. The molecule has 10 heteroatoms. The number of nitrogens with two attached hydrogens (primary N) is 1. The number of likely N-dealkylation sites (tertiary alicyclic amines) is 1. The van der Waals surface area contributed by atoms with Crippen molar-refractivity contribution in [1.82, 2.24) is 19.9 Å². The Hall–Kier alpha value is -2.98. The van der Waals surface area contributed by atoms with Gasteiger partial charge in [0.1, 0.15) is 11.3 Å². The molecule has 2 saturated heterocycles. The van der Waals surface area contributed by atoms with Crippen LogP contribution in [-0.4, -0.2) is 59.3 Å². The summed E-state index contributed by atoms with van der Waals surface area (Å²) in [6, 6.07) is 3.54. The Labute approximate surface area is 183 Å². The van der Waals surface area contributed by atoms with Crippen LogP contribution in [0.1, 0.15) is 19.3 Å². The molecular formula is C21H24N6O3S. The number of thiazole rings is 1. The number of nitrogen functional groups attached to an aromatic ring is 1. The SMILES string of the molecule is COc1ncc(-c2ccnc(N)c2)c2sc(NC(=O)N3CCC4(CCOCC4)C3)nc12. The van der Waals surface area contributed by atoms with Gasteiger partial charge in [-0.05, 0) is 42.4 Å². The number of carbonyl (C=O) groups excluding carboxylic acids is 1. The van der Waals surface area contributed by atoms with Gasteiger partial charge in [0.2, 0.25) is 5.88 Å². The zero-order valence-corrected chi connectivity index (χ0v) is 18.1. The summed E-state index contributed by atoms with van der Waals surface area (Å²) in [6.07, 6.45) is 6.44. The second-order valence-corrected chi connectivity index (χ2v) is 9.06. The molecule has 162 valence electrons. The molecule has 2 amide bonds. The molecule has 31 heavy (non-hydrogen) atoms. The third kappa shape index (κ3) is 3.77. The molecule has 9 nitrogen and oxygen atoms in total. The number of ether oxygens (including phenoxy) is 2. The van der Waals surface area contributed by atoms with Gasteiger partial charge in [-0.3, -0.25) is 5.32 Å². The monoisotopic (exact) mass is 440 g/mol. The molecule has 3 aromatic rings. The molecule has 0 unspecified atom stereocenters. The van der Waals surface area contributed by atoms with Crippen molar-refractivity contribution in [1.29, 1.82) is 0 Å². The van der Waals surface area contributed by atoms with Gasteiger partial charge in [0.25, 0.3) is 0 Å². The van der Waals surface area contributed by atoms with Crippen LogP contribution < -0.4 is 15.8 Å². The Morgan fingerprint density at radius 1 is 1.32 bits per heavy atom. The minimum atomic E-state index is -0.121. The maximum absolute atomic E-state index is 13.0. The average Bonchev–Trinajstić information content (AvgIpc) is 3.38. The van der Waals surface area contributed by atoms with Crippen LogP contribution in [0.4, 0.5) is 15.7 Å². The number of urea groups is 1. The summed E-state index contributed by atoms with van der Waals surface area (Å²) in [7, 11) is 1.56. The predicted octanol–water partition coefficient (Wildman–Crippen LogP) is 3.38. The van der Waals surface area contributed by atoms with Crippen molar-refractivity contribution in [2.24, 2.45) is 5.41 Å². The molecule has 3 N–H and O–H groups in total. The van der Waals surface area contributed by atoms with E-state index in [1.165, 1.54) is 11.3 Å². The van der Waals surface area contributed by atoms with Gasteiger partial charge in [-0.1, -0.05) is 11.3 Å². The van der Waals surface area contributed by atoms with E-state index in [0.717, 1.165) is 61.4 Å². The van der Waals surface area contributed by atoms with E-state index in [2.05, 4.69) is 20.3 Å². The standard InChI is InChI=1S/C21H24N6O3S/c1-29-18-16-17(14(11-24-18)13-2-6-23-15(22)10-13)31-19(25-16)26-20(28)27-7-3-21(12-27)4-8-30-9-5-21/h2,6,10-11H,3-5,7-9,12H2,1H3,(H2,22,23)(H,25,26,28). The number of aromatic nitrogens is 3. The molecule has 0 aliphatic carbocycles. The van der Waals surface area contributed by atoms with Crippen molar-refractivity contribution in [2.75, 3.05) is 44.5 Å². The van der Waals surface area contributed by atoms with Gasteiger partial charge in [-0.2, -0.15) is 0 Å². The van der Waals surface area contributed by atoms with Gasteiger partial charge >= 0.3 is 6.03 Å². The summed E-state index contributed by atoms with van der Waals surface area (Å²) in [4.78, 5) is 27.9. The highest BCUT2D eigenvalue weighted by Gasteiger charge is 2.41. The molecule has 3 aromatic heterocycles. The summed E-state index contributed by atoms with van der Waals surface area (Å²) >= 11 is 1.40. The van der Waals surface area contributed by atoms with Gasteiger partial charge in [-0.25, -0.2) is 19.7 Å². The van der Waals surface area contributed by atoms with E-state index in [0.29, 0.717) is 22.3 Å². The molecule has 2 aliphatic rings. The Balaban J connectivity index is 1.42. The van der Waals surface area contributed by atoms with Crippen molar-refractivity contribution in [3.05, 3.63) is 24.5 Å². The van der Waals surface area contributed by atoms with Crippen molar-refractivity contribution in [3.63, 3.8) is 0 Å². The Bertz CT molecular complexity index is 1130. The molecule has 0 radical (unpaired) electrons. The van der Waals surface area contributed by atoms with E-state index >= 15 is 0 Å². The summed E-state index contributed by atoms with van der Waals surface area (Å²) in [5.41, 5.74) is 8.42. The second-order valence-electron chi connectivity index (χ2n) is 8.06. The van der Waals surface area contributed by atoms with Gasteiger partial charge in [-0.15, -0.1) is 0 Å². The lowest BCUT2D eigenvalue weighted by Gasteiger charge is -2.33. The van der Waals surface area contributed by atoms with Gasteiger partial charge < -0.3 is 20.1 Å². The Kier molecular flexibility index (Phi) is 5.11. The largest absolute Gasteiger partial charge is 0.479 e. The number of nitrogens with zero attached hydrogens (tertiary/aromatic N) is 4. The first kappa shape index (κ1) is 20.0. The minimum absolute atomic E-state index is 0.121. The van der Waals surface area contributed by atoms with E-state index in [1.807, 2.05) is 11.0 Å². The van der Waals surface area contributed by atoms with Crippen molar-refractivity contribution >= 4 is 38.5 Å². The number of hydrogen-bond acceptors (Lipinski definition) is 8. The van der Waals surface area contributed by atoms with Crippen molar-refractivity contribution in [2.45, 2.75) is 19.3 Å². The molecule has 0 aromatic carbocycles. The van der Waals surface area contributed by atoms with Crippen LogP contribution in [0.2, 0.25) is 0 Å². The first-order chi connectivity index (χ1) is 15.1. The van der Waals surface area contributed by atoms with Crippen LogP contribution in [0.5, 0.6) is 5.88 Å². The number of carbonyl (C=O) groups is 1. The van der Waals surface area contributed by atoms with Gasteiger partial charge in [0.15, 0.2) is 5.13 Å². The van der Waals surface area contributed by atoms with E-state index < -0.39 is 0 Å². The summed E-state index contributed by atoms with van der Waals surface area (Å²) in [5.74, 6) is 0.843. The summed E-state index contributed by atoms with van der Waals surface area (Å²) in [6.45, 7) is 3.08. The number of rotatable bonds is 3. The number of fused-ring (bicyclic) bond motifs is 1. The fourth-order valence-electron chi connectivity index (χ4n) is 4.41. The first-order valence-corrected chi connectivity index (χ1v) is 11.1. The highest BCUT2D eigenvalue weighted by atomic mass is 32.1. The highest BCUT2D eigenvalue weighted by Crippen LogP contribution is 2.41. The lowest BCUT2D eigenvalue weighted by atomic mass is 9.80. The number of nitrogens with one attached hydrogen (secondary N) is 1. The molecule has 5 heterocycles. The maximum Gasteiger partial charge on any atom is 0.323 e. The highest BCUT2D eigenvalue weighted by molar-refractivity contribution is 7.23. The molecule has 1 spiro atoms. The van der Waals surface area contributed by atoms with E-state index in [-0.39, 0.29) is 11.4 Å². The fraction of sp³-hybridized carbons (Fsp3) is 0.429. The van der Waals surface area contributed by atoms with E-state index in [9.17, 15) is 4.79 Å². The topological polar surface area (TPSA) is 115 Å². The molecule has 0 bridgehead atoms. The normalized spacial score (nSPS) is 17.9. The Morgan fingerprint density at radius 3 is 2.94 bits per heavy atom. The lowest BCUT2D eigenvalue weighted by Crippen LogP contribution is -2.37. The minimum Gasteiger partial charge on any atom is -0.479 e. The van der Waals surface area contributed by atoms with Gasteiger partial charge in [0, 0.05) is 44.3 Å². The van der Waals surface area contributed by atoms with Crippen LogP contribution in [0.15, 0.2) is 24.5 Å². The van der Waals surface area contributed by atoms with Crippen molar-refractivity contribution < 1.29 is 14.3 Å². The van der Waals surface area contributed by atoms with E-state index in [1.54, 1.807) is 25.6 Å². The average molecular weight is 441 g/mol. The molecule has 0 saturated carbocycles. The maximum atomic E-state index is 13.0. The fourth-order valence-corrected chi connectivity index (χ4v) is 5.39. The zero-order chi connectivity index (χ0) is 21.4. The van der Waals surface area contributed by atoms with Crippen LogP contribution in [0.25, 0.3) is 21.3 Å². The third-order valence-electron chi connectivity index (χ3n) is 6.16. The van der Waals surface area contributed by atoms with E-state index in [4.69, 9.17) is 15.2 Å². The molecule has 2 aliphatic heterocycles. The Morgan fingerprint density at radius 2 is 2.16 bits per heavy atom. The number of amides is 2. The van der Waals surface area contributed by atoms with Crippen LogP contribution in [0.3, 0.4) is 0 Å². The molecule has 2 fully saturated rings. The van der Waals surface area contributed by atoms with Crippen LogP contribution >= 0.6 is 11.3 Å². The first-order valence-electron chi connectivity index (χ1n) is 10.3. The molecule has 0 atom stereocenters. The predicted molar refractivity (Wildman–Crippen MR) is 119 cm³/mol. The van der Waals surface area contributed by atoms with Crippen LogP contribution in [-0.2, 0) is 4.74 Å². The van der Waals surface area contributed by atoms with Crippen LogP contribution in [0, 0.1) is 5.41 Å². The number of methoxy groups -OCH3 is 1.